The number of allylic oxidation sites excluding steroid dienone is 5. The quantitative estimate of drug-likeness (QED) is 0.474. The molecule has 0 unspecified atom stereocenters. The second-order valence-corrected chi connectivity index (χ2v) is 7.66. The van der Waals surface area contributed by atoms with Crippen molar-refractivity contribution in [3.05, 3.63) is 70.8 Å². The lowest BCUT2D eigenvalue weighted by Crippen LogP contribution is -2.33. The highest BCUT2D eigenvalue weighted by molar-refractivity contribution is 5.87. The molecule has 1 N–H and O–H groups in total. The first-order valence-corrected chi connectivity index (χ1v) is 9.96. The molecule has 1 aromatic rings. The summed E-state index contributed by atoms with van der Waals surface area (Å²) in [5, 5.41) is 8.97. The van der Waals surface area contributed by atoms with Crippen LogP contribution in [0.4, 0.5) is 0 Å². The average molecular weight is 382 g/mol. The number of nitrogens with zero attached hydrogens (tertiary/aromatic N) is 1. The predicted molar refractivity (Wildman–Crippen MR) is 113 cm³/mol. The third-order valence-electron chi connectivity index (χ3n) is 5.02. The maximum atomic E-state index is 12.2. The van der Waals surface area contributed by atoms with Crippen LogP contribution in [-0.4, -0.2) is 34.5 Å². The zero-order chi connectivity index (χ0) is 20.5. The molecule has 0 radical (unpaired) electrons. The molecule has 0 aromatic heterocycles. The van der Waals surface area contributed by atoms with Crippen LogP contribution in [0.2, 0.25) is 0 Å². The SMILES string of the molecule is CC(C)=CCC/C(C)=C/C=C\[C@H]1CCC(=O)N1CCc1ccc(C(=O)O)cc1. The number of hydrogen-bond donors (Lipinski definition) is 1. The summed E-state index contributed by atoms with van der Waals surface area (Å²) < 4.78 is 0. The molecule has 1 amide bonds. The lowest BCUT2D eigenvalue weighted by atomic mass is 10.1. The Balaban J connectivity index is 1.89. The van der Waals surface area contributed by atoms with Crippen molar-refractivity contribution >= 4 is 11.9 Å². The molecular weight excluding hydrogens is 350 g/mol. The largest absolute Gasteiger partial charge is 0.478 e. The van der Waals surface area contributed by atoms with Gasteiger partial charge in [0.05, 0.1) is 11.6 Å². The van der Waals surface area contributed by atoms with E-state index in [1.165, 1.54) is 11.1 Å². The van der Waals surface area contributed by atoms with E-state index in [0.29, 0.717) is 13.0 Å². The highest BCUT2D eigenvalue weighted by Crippen LogP contribution is 2.21. The molecular formula is C24H31NO3. The van der Waals surface area contributed by atoms with E-state index in [0.717, 1.165) is 31.2 Å². The Morgan fingerprint density at radius 1 is 1.21 bits per heavy atom. The van der Waals surface area contributed by atoms with Gasteiger partial charge in [-0.05, 0) is 64.2 Å². The van der Waals surface area contributed by atoms with Gasteiger partial charge in [-0.3, -0.25) is 4.79 Å². The smallest absolute Gasteiger partial charge is 0.335 e. The van der Waals surface area contributed by atoms with Crippen LogP contribution in [0.1, 0.15) is 62.4 Å². The van der Waals surface area contributed by atoms with E-state index in [1.54, 1.807) is 12.1 Å². The molecule has 1 atom stereocenters. The monoisotopic (exact) mass is 381 g/mol. The number of hydrogen-bond acceptors (Lipinski definition) is 2. The number of aromatic carboxylic acids is 1. The van der Waals surface area contributed by atoms with Gasteiger partial charge in [-0.1, -0.05) is 47.6 Å². The van der Waals surface area contributed by atoms with Crippen molar-refractivity contribution in [3.63, 3.8) is 0 Å². The summed E-state index contributed by atoms with van der Waals surface area (Å²) in [5.41, 5.74) is 4.01. The number of rotatable bonds is 9. The summed E-state index contributed by atoms with van der Waals surface area (Å²) in [7, 11) is 0. The van der Waals surface area contributed by atoms with Crippen LogP contribution in [0, 0.1) is 0 Å². The van der Waals surface area contributed by atoms with Gasteiger partial charge >= 0.3 is 5.97 Å². The zero-order valence-corrected chi connectivity index (χ0v) is 17.1. The topological polar surface area (TPSA) is 57.6 Å². The minimum Gasteiger partial charge on any atom is -0.478 e. The molecule has 150 valence electrons. The third-order valence-corrected chi connectivity index (χ3v) is 5.02. The van der Waals surface area contributed by atoms with E-state index in [1.807, 2.05) is 17.0 Å². The normalized spacial score (nSPS) is 17.4. The first kappa shape index (κ1) is 21.7. The maximum Gasteiger partial charge on any atom is 0.335 e. The van der Waals surface area contributed by atoms with E-state index in [4.69, 9.17) is 5.11 Å². The van der Waals surface area contributed by atoms with E-state index < -0.39 is 5.97 Å². The van der Waals surface area contributed by atoms with Crippen LogP contribution in [-0.2, 0) is 11.2 Å². The zero-order valence-electron chi connectivity index (χ0n) is 17.1. The summed E-state index contributed by atoms with van der Waals surface area (Å²) >= 11 is 0. The molecule has 4 heteroatoms. The van der Waals surface area contributed by atoms with Crippen molar-refractivity contribution in [2.24, 2.45) is 0 Å². The van der Waals surface area contributed by atoms with Crippen LogP contribution in [0.3, 0.4) is 0 Å². The van der Waals surface area contributed by atoms with Crippen LogP contribution in [0.25, 0.3) is 0 Å². The molecule has 28 heavy (non-hydrogen) atoms. The molecule has 4 nitrogen and oxygen atoms in total. The van der Waals surface area contributed by atoms with Crippen molar-refractivity contribution in [3.8, 4) is 0 Å². The molecule has 0 spiro atoms. The third kappa shape index (κ3) is 6.84. The Morgan fingerprint density at radius 3 is 2.57 bits per heavy atom. The molecule has 1 aliphatic rings. The molecule has 0 saturated carbocycles. The lowest BCUT2D eigenvalue weighted by Gasteiger charge is -2.22. The van der Waals surface area contributed by atoms with Crippen LogP contribution < -0.4 is 0 Å². The Hall–Kier alpha value is -2.62. The number of benzene rings is 1. The highest BCUT2D eigenvalue weighted by Gasteiger charge is 2.28. The number of likely N-dealkylation sites (tertiary alicyclic amines) is 1. The molecule has 1 aromatic carbocycles. The summed E-state index contributed by atoms with van der Waals surface area (Å²) in [6.07, 6.45) is 12.9. The molecule has 1 saturated heterocycles. The Morgan fingerprint density at radius 2 is 1.93 bits per heavy atom. The van der Waals surface area contributed by atoms with Gasteiger partial charge in [-0.2, -0.15) is 0 Å². The first-order chi connectivity index (χ1) is 13.4. The fraction of sp³-hybridized carbons (Fsp3) is 0.417. The number of amides is 1. The average Bonchev–Trinajstić information content (AvgIpc) is 2.99. The second-order valence-electron chi connectivity index (χ2n) is 7.66. The van der Waals surface area contributed by atoms with Crippen LogP contribution >= 0.6 is 0 Å². The van der Waals surface area contributed by atoms with E-state index >= 15 is 0 Å². The van der Waals surface area contributed by atoms with Crippen molar-refractivity contribution in [2.75, 3.05) is 6.54 Å². The van der Waals surface area contributed by atoms with E-state index in [9.17, 15) is 9.59 Å². The molecule has 1 fully saturated rings. The molecule has 1 aliphatic heterocycles. The second kappa shape index (κ2) is 10.6. The minimum absolute atomic E-state index is 0.146. The number of carboxylic acid groups (broad SMARTS) is 1. The van der Waals surface area contributed by atoms with Gasteiger partial charge < -0.3 is 10.0 Å². The molecule has 0 aliphatic carbocycles. The van der Waals surface area contributed by atoms with Gasteiger partial charge in [0.2, 0.25) is 5.91 Å². The van der Waals surface area contributed by atoms with Gasteiger partial charge in [-0.15, -0.1) is 0 Å². The van der Waals surface area contributed by atoms with Gasteiger partial charge in [0.25, 0.3) is 0 Å². The Bertz CT molecular complexity index is 768. The van der Waals surface area contributed by atoms with Crippen LogP contribution in [0.15, 0.2) is 59.7 Å². The van der Waals surface area contributed by atoms with Crippen molar-refractivity contribution < 1.29 is 14.7 Å². The van der Waals surface area contributed by atoms with Crippen LogP contribution in [0.5, 0.6) is 0 Å². The number of carbonyl (C=O) groups is 2. The van der Waals surface area contributed by atoms with E-state index in [2.05, 4.69) is 45.1 Å². The number of carboxylic acids is 1. The van der Waals surface area contributed by atoms with Gasteiger partial charge in [-0.25, -0.2) is 4.79 Å². The predicted octanol–water partition coefficient (Wildman–Crippen LogP) is 5.17. The first-order valence-electron chi connectivity index (χ1n) is 9.96. The Kier molecular flexibility index (Phi) is 8.24. The summed E-state index contributed by atoms with van der Waals surface area (Å²) in [5.74, 6) is -0.725. The molecule has 1 heterocycles. The fourth-order valence-electron chi connectivity index (χ4n) is 3.33. The van der Waals surface area contributed by atoms with Gasteiger partial charge in [0.15, 0.2) is 0 Å². The minimum atomic E-state index is -0.921. The standard InChI is InChI=1S/C24H31NO3/c1-18(2)6-4-7-19(3)8-5-9-22-14-15-23(26)25(22)17-16-20-10-12-21(13-11-20)24(27)28/h5-6,8-13,22H,4,7,14-17H2,1-3H3,(H,27,28)/b9-5-,19-8+/t22-/m0/s1. The maximum absolute atomic E-state index is 12.2. The van der Waals surface area contributed by atoms with Gasteiger partial charge in [0, 0.05) is 13.0 Å². The van der Waals surface area contributed by atoms with Crippen molar-refractivity contribution in [2.45, 2.75) is 58.9 Å². The fourth-order valence-corrected chi connectivity index (χ4v) is 3.33. The summed E-state index contributed by atoms with van der Waals surface area (Å²) in [6.45, 7) is 7.03. The van der Waals surface area contributed by atoms with Crippen molar-refractivity contribution in [1.82, 2.24) is 4.90 Å². The summed E-state index contributed by atoms with van der Waals surface area (Å²) in [6, 6.07) is 7.03. The molecule has 0 bridgehead atoms. The lowest BCUT2D eigenvalue weighted by molar-refractivity contribution is -0.128. The number of carbonyl (C=O) groups excluding carboxylic acids is 1. The van der Waals surface area contributed by atoms with Gasteiger partial charge in [0.1, 0.15) is 0 Å². The van der Waals surface area contributed by atoms with E-state index in [-0.39, 0.29) is 17.5 Å². The summed E-state index contributed by atoms with van der Waals surface area (Å²) in [4.78, 5) is 25.1. The Labute approximate surface area is 168 Å². The molecule has 2 rings (SSSR count). The highest BCUT2D eigenvalue weighted by atomic mass is 16.4. The van der Waals surface area contributed by atoms with Crippen molar-refractivity contribution in [1.29, 1.82) is 0 Å².